The maximum atomic E-state index is 14.6. The minimum Gasteiger partial charge on any atom is -0.486 e. The summed E-state index contributed by atoms with van der Waals surface area (Å²) in [5.74, 6) is 0.907. The van der Waals surface area contributed by atoms with Crippen LogP contribution in [0.1, 0.15) is 16.7 Å². The predicted molar refractivity (Wildman–Crippen MR) is 215 cm³/mol. The molecule has 278 valence electrons. The molecule has 2 saturated heterocycles. The molecule has 1 N–H and O–H groups in total. The molecule has 0 saturated carbocycles. The van der Waals surface area contributed by atoms with Crippen molar-refractivity contribution < 1.29 is 18.3 Å². The molecule has 0 unspecified atom stereocenters. The van der Waals surface area contributed by atoms with Gasteiger partial charge in [-0.15, -0.1) is 0 Å². The van der Waals surface area contributed by atoms with E-state index in [-0.39, 0.29) is 11.6 Å². The number of hydrogen-bond acceptors (Lipinski definition) is 7. The summed E-state index contributed by atoms with van der Waals surface area (Å²) in [5, 5.41) is 3.39. The Labute approximate surface area is 320 Å². The van der Waals surface area contributed by atoms with Gasteiger partial charge in [0, 0.05) is 77.1 Å². The van der Waals surface area contributed by atoms with Crippen LogP contribution in [0, 0.1) is 11.6 Å². The molecule has 0 bridgehead atoms. The van der Waals surface area contributed by atoms with Gasteiger partial charge in [-0.2, -0.15) is 0 Å². The third-order valence-corrected chi connectivity index (χ3v) is 10.1. The van der Waals surface area contributed by atoms with E-state index in [9.17, 15) is 8.78 Å². The summed E-state index contributed by atoms with van der Waals surface area (Å²) < 4.78 is 41.4. The molecule has 0 atom stereocenters. The molecule has 0 aliphatic carbocycles. The van der Waals surface area contributed by atoms with Crippen molar-refractivity contribution in [2.24, 2.45) is 0 Å². The van der Waals surface area contributed by atoms with Crippen molar-refractivity contribution in [3.05, 3.63) is 148 Å². The van der Waals surface area contributed by atoms with Gasteiger partial charge >= 0.3 is 0 Å². The minimum absolute atomic E-state index is 0.252. The first-order valence-electron chi connectivity index (χ1n) is 18.1. The van der Waals surface area contributed by atoms with E-state index in [0.717, 1.165) is 80.4 Å². The second-order valence-corrected chi connectivity index (χ2v) is 14.4. The van der Waals surface area contributed by atoms with Crippen molar-refractivity contribution >= 4 is 33.0 Å². The quantitative estimate of drug-likeness (QED) is 0.144. The molecular formula is C43H48BrF2N5O2. The van der Waals surface area contributed by atoms with Gasteiger partial charge in [0.2, 0.25) is 0 Å². The zero-order valence-corrected chi connectivity index (χ0v) is 32.1. The van der Waals surface area contributed by atoms with Crippen LogP contribution in [-0.4, -0.2) is 76.3 Å². The second kappa shape index (κ2) is 18.9. The van der Waals surface area contributed by atoms with Crippen LogP contribution in [0.2, 0.25) is 0 Å². The Kier molecular flexibility index (Phi) is 13.6. The Hall–Kier alpha value is -4.64. The van der Waals surface area contributed by atoms with Gasteiger partial charge in [0.1, 0.15) is 24.8 Å². The van der Waals surface area contributed by atoms with Crippen LogP contribution in [0.3, 0.4) is 0 Å². The van der Waals surface area contributed by atoms with Gasteiger partial charge in [0.25, 0.3) is 0 Å². The Morgan fingerprint density at radius 1 is 0.547 bits per heavy atom. The molecule has 5 aromatic rings. The number of likely N-dealkylation sites (N-methyl/N-ethyl adjacent to an activating group) is 2. The van der Waals surface area contributed by atoms with E-state index < -0.39 is 0 Å². The van der Waals surface area contributed by atoms with E-state index in [1.807, 2.05) is 78.9 Å². The minimum atomic E-state index is -0.258. The summed E-state index contributed by atoms with van der Waals surface area (Å²) >= 11 is 3.45. The first-order valence-corrected chi connectivity index (χ1v) is 18.9. The van der Waals surface area contributed by atoms with Gasteiger partial charge in [-0.3, -0.25) is 0 Å². The van der Waals surface area contributed by atoms with Crippen molar-refractivity contribution in [1.29, 1.82) is 0 Å². The standard InChI is InChI=1S/C25H28FN3O.C18H20BrFN2O/c1-28-12-14-29(15-13-28)24-17-22(26)16-23(27-18-20-8-4-2-5-9-20)25(24)30-19-21-10-6-3-7-11-21;1-21-7-9-22(10-8-21)17-12-15(20)11-16(19)18(17)23-13-14-5-3-2-4-6-14/h2-11,16-17,27H,12-15,18-19H2,1H3;2-6,11-12H,7-10,13H2,1H3. The average molecular weight is 785 g/mol. The Bertz CT molecular complexity index is 1870. The van der Waals surface area contributed by atoms with Crippen molar-refractivity contribution in [1.82, 2.24) is 9.80 Å². The lowest BCUT2D eigenvalue weighted by Gasteiger charge is -2.35. The lowest BCUT2D eigenvalue weighted by Crippen LogP contribution is -2.44. The molecule has 7 nitrogen and oxygen atoms in total. The Morgan fingerprint density at radius 2 is 0.962 bits per heavy atom. The number of anilines is 3. The van der Waals surface area contributed by atoms with Crippen LogP contribution in [0.25, 0.3) is 0 Å². The second-order valence-electron chi connectivity index (χ2n) is 13.5. The summed E-state index contributed by atoms with van der Waals surface area (Å²) in [7, 11) is 4.22. The average Bonchev–Trinajstić information content (AvgIpc) is 3.18. The Balaban J connectivity index is 0.000000188. The van der Waals surface area contributed by atoms with E-state index in [2.05, 4.69) is 67.1 Å². The van der Waals surface area contributed by atoms with E-state index in [1.165, 1.54) is 12.1 Å². The van der Waals surface area contributed by atoms with E-state index in [4.69, 9.17) is 9.47 Å². The van der Waals surface area contributed by atoms with E-state index in [1.54, 1.807) is 12.1 Å². The molecule has 2 fully saturated rings. The van der Waals surface area contributed by atoms with Gasteiger partial charge in [-0.1, -0.05) is 91.0 Å². The van der Waals surface area contributed by atoms with Gasteiger partial charge in [-0.25, -0.2) is 8.78 Å². The van der Waals surface area contributed by atoms with Crippen LogP contribution in [0.4, 0.5) is 25.8 Å². The van der Waals surface area contributed by atoms with Crippen molar-refractivity contribution in [3.8, 4) is 11.5 Å². The van der Waals surface area contributed by atoms with Crippen LogP contribution < -0.4 is 24.6 Å². The number of rotatable bonds is 11. The first kappa shape index (κ1) is 38.1. The highest BCUT2D eigenvalue weighted by Gasteiger charge is 2.23. The summed E-state index contributed by atoms with van der Waals surface area (Å²) in [6, 6.07) is 36.3. The molecule has 5 aromatic carbocycles. The molecule has 2 heterocycles. The largest absolute Gasteiger partial charge is 0.486 e. The van der Waals surface area contributed by atoms with Gasteiger partial charge in [-0.05, 0) is 52.8 Å². The highest BCUT2D eigenvalue weighted by atomic mass is 79.9. The zero-order valence-electron chi connectivity index (χ0n) is 30.5. The van der Waals surface area contributed by atoms with E-state index in [0.29, 0.717) is 41.4 Å². The van der Waals surface area contributed by atoms with Crippen molar-refractivity contribution in [3.63, 3.8) is 0 Å². The normalized spacial score (nSPS) is 15.0. The van der Waals surface area contributed by atoms with E-state index >= 15 is 0 Å². The third-order valence-electron chi connectivity index (χ3n) is 9.49. The number of piperazine rings is 2. The monoisotopic (exact) mass is 783 g/mol. The smallest absolute Gasteiger partial charge is 0.166 e. The Morgan fingerprint density at radius 3 is 1.45 bits per heavy atom. The third kappa shape index (κ3) is 10.9. The maximum absolute atomic E-state index is 14.6. The van der Waals surface area contributed by atoms with Crippen LogP contribution >= 0.6 is 15.9 Å². The number of nitrogens with zero attached hydrogens (tertiary/aromatic N) is 4. The summed E-state index contributed by atoms with van der Waals surface area (Å²) in [4.78, 5) is 8.97. The fraction of sp³-hybridized carbons (Fsp3) is 0.302. The highest BCUT2D eigenvalue weighted by Crippen LogP contribution is 2.39. The summed E-state index contributed by atoms with van der Waals surface area (Å²) in [6.07, 6.45) is 0. The molecule has 2 aliphatic rings. The molecule has 2 aliphatic heterocycles. The highest BCUT2D eigenvalue weighted by molar-refractivity contribution is 9.10. The lowest BCUT2D eigenvalue weighted by atomic mass is 10.1. The maximum Gasteiger partial charge on any atom is 0.166 e. The molecule has 53 heavy (non-hydrogen) atoms. The molecule has 0 spiro atoms. The van der Waals surface area contributed by atoms with Crippen LogP contribution in [0.5, 0.6) is 11.5 Å². The summed E-state index contributed by atoms with van der Waals surface area (Å²) in [6.45, 7) is 8.76. The van der Waals surface area contributed by atoms with Crippen LogP contribution in [0.15, 0.2) is 120 Å². The molecule has 7 rings (SSSR count). The fourth-order valence-electron chi connectivity index (χ4n) is 6.37. The number of halogens is 3. The molecular weight excluding hydrogens is 736 g/mol. The number of hydrogen-bond donors (Lipinski definition) is 1. The van der Waals surface area contributed by atoms with Gasteiger partial charge in [0.05, 0.1) is 21.5 Å². The van der Waals surface area contributed by atoms with Crippen molar-refractivity contribution in [2.45, 2.75) is 19.8 Å². The summed E-state index contributed by atoms with van der Waals surface area (Å²) in [5.41, 5.74) is 5.63. The number of nitrogens with one attached hydrogen (secondary N) is 1. The van der Waals surface area contributed by atoms with Gasteiger partial charge in [0.15, 0.2) is 11.5 Å². The first-order chi connectivity index (χ1) is 25.8. The molecule has 10 heteroatoms. The molecule has 0 aromatic heterocycles. The van der Waals surface area contributed by atoms with Gasteiger partial charge < -0.3 is 34.4 Å². The topological polar surface area (TPSA) is 43.5 Å². The van der Waals surface area contributed by atoms with Crippen molar-refractivity contribution in [2.75, 3.05) is 81.6 Å². The molecule has 0 radical (unpaired) electrons. The molecule has 0 amide bonds. The van der Waals surface area contributed by atoms with Crippen LogP contribution in [-0.2, 0) is 19.8 Å². The number of ether oxygens (including phenoxy) is 2. The fourth-order valence-corrected chi connectivity index (χ4v) is 6.91. The zero-order chi connectivity index (χ0) is 37.0. The SMILES string of the molecule is CN1CCN(c2cc(F)cc(Br)c2OCc2ccccc2)CC1.CN1CCN(c2cc(F)cc(NCc3ccccc3)c2OCc2ccccc2)CC1. The predicted octanol–water partition coefficient (Wildman–Crippen LogP) is 8.69. The lowest BCUT2D eigenvalue weighted by molar-refractivity contribution is 0.294. The number of benzene rings is 5.